The topological polar surface area (TPSA) is 134 Å². The Hall–Kier alpha value is -3.24. The van der Waals surface area contributed by atoms with Gasteiger partial charge in [-0.25, -0.2) is 23.3 Å². The van der Waals surface area contributed by atoms with Crippen molar-refractivity contribution in [3.8, 4) is 11.4 Å². The van der Waals surface area contributed by atoms with Crippen molar-refractivity contribution in [2.75, 3.05) is 12.4 Å². The highest BCUT2D eigenvalue weighted by Gasteiger charge is 2.18. The standard InChI is InChI=1S/C19H22N6O3S/c1-12(14-7-9-17(10-8-14)29(20,27)28)25(3)19(26)22-16-6-4-5-15(11-16)18-21-13(2)23-24-18/h4-12H,1-3H3,(H,22,26)(H2,20,27,28)(H,21,23,24). The van der Waals surface area contributed by atoms with Crippen molar-refractivity contribution < 1.29 is 13.2 Å². The first-order valence-corrected chi connectivity index (χ1v) is 10.4. The molecular weight excluding hydrogens is 392 g/mol. The Morgan fingerprint density at radius 1 is 1.21 bits per heavy atom. The molecule has 1 heterocycles. The van der Waals surface area contributed by atoms with Gasteiger partial charge in [0.2, 0.25) is 10.0 Å². The van der Waals surface area contributed by atoms with Crippen LogP contribution in [0.5, 0.6) is 0 Å². The van der Waals surface area contributed by atoms with Crippen molar-refractivity contribution in [1.82, 2.24) is 20.1 Å². The number of amides is 2. The summed E-state index contributed by atoms with van der Waals surface area (Å²) in [5.41, 5.74) is 2.17. The van der Waals surface area contributed by atoms with E-state index in [4.69, 9.17) is 5.14 Å². The molecule has 1 aromatic heterocycles. The van der Waals surface area contributed by atoms with E-state index in [2.05, 4.69) is 20.5 Å². The summed E-state index contributed by atoms with van der Waals surface area (Å²) in [5.74, 6) is 1.26. The van der Waals surface area contributed by atoms with E-state index in [0.29, 0.717) is 17.3 Å². The van der Waals surface area contributed by atoms with Crippen molar-refractivity contribution in [2.45, 2.75) is 24.8 Å². The van der Waals surface area contributed by atoms with Gasteiger partial charge >= 0.3 is 6.03 Å². The van der Waals surface area contributed by atoms with Gasteiger partial charge in [-0.3, -0.25) is 5.10 Å². The molecule has 152 valence electrons. The fourth-order valence-corrected chi connectivity index (χ4v) is 3.27. The minimum atomic E-state index is -3.75. The molecule has 0 bridgehead atoms. The van der Waals surface area contributed by atoms with Crippen LogP contribution >= 0.6 is 0 Å². The Morgan fingerprint density at radius 2 is 1.90 bits per heavy atom. The number of carbonyl (C=O) groups excluding carboxylic acids is 1. The maximum Gasteiger partial charge on any atom is 0.322 e. The number of carbonyl (C=O) groups is 1. The van der Waals surface area contributed by atoms with E-state index in [1.165, 1.54) is 17.0 Å². The summed E-state index contributed by atoms with van der Waals surface area (Å²) < 4.78 is 22.8. The zero-order valence-corrected chi connectivity index (χ0v) is 17.1. The van der Waals surface area contributed by atoms with Crippen molar-refractivity contribution in [3.63, 3.8) is 0 Å². The third kappa shape index (κ3) is 4.79. The molecule has 9 nitrogen and oxygen atoms in total. The lowest BCUT2D eigenvalue weighted by atomic mass is 10.1. The monoisotopic (exact) mass is 414 g/mol. The average molecular weight is 414 g/mol. The van der Waals surface area contributed by atoms with E-state index in [-0.39, 0.29) is 17.0 Å². The quantitative estimate of drug-likeness (QED) is 0.590. The summed E-state index contributed by atoms with van der Waals surface area (Å²) in [4.78, 5) is 18.5. The number of nitrogens with two attached hydrogens (primary N) is 1. The molecule has 1 unspecified atom stereocenters. The summed E-state index contributed by atoms with van der Waals surface area (Å²) in [6, 6.07) is 12.8. The van der Waals surface area contributed by atoms with Gasteiger partial charge in [0.05, 0.1) is 10.9 Å². The molecule has 0 aliphatic rings. The van der Waals surface area contributed by atoms with Crippen LogP contribution in [0.3, 0.4) is 0 Å². The molecule has 2 amide bonds. The second-order valence-electron chi connectivity index (χ2n) is 6.66. The van der Waals surface area contributed by atoms with Crippen LogP contribution in [-0.4, -0.2) is 41.6 Å². The number of rotatable bonds is 5. The van der Waals surface area contributed by atoms with Crippen molar-refractivity contribution >= 4 is 21.7 Å². The fourth-order valence-electron chi connectivity index (χ4n) is 2.76. The smallest absolute Gasteiger partial charge is 0.321 e. The van der Waals surface area contributed by atoms with Crippen LogP contribution in [0.25, 0.3) is 11.4 Å². The van der Waals surface area contributed by atoms with E-state index >= 15 is 0 Å². The van der Waals surface area contributed by atoms with Crippen LogP contribution in [0, 0.1) is 6.92 Å². The van der Waals surface area contributed by atoms with Gasteiger partial charge in [0.15, 0.2) is 5.82 Å². The molecule has 0 fully saturated rings. The second-order valence-corrected chi connectivity index (χ2v) is 8.22. The van der Waals surface area contributed by atoms with Crippen LogP contribution < -0.4 is 10.5 Å². The zero-order chi connectivity index (χ0) is 21.2. The number of anilines is 1. The summed E-state index contributed by atoms with van der Waals surface area (Å²) in [6.45, 7) is 3.66. The number of hydrogen-bond acceptors (Lipinski definition) is 5. The first kappa shape index (κ1) is 20.5. The molecule has 0 aliphatic heterocycles. The minimum absolute atomic E-state index is 0.0274. The normalized spacial score (nSPS) is 12.4. The van der Waals surface area contributed by atoms with E-state index in [9.17, 15) is 13.2 Å². The second kappa shape index (κ2) is 8.02. The van der Waals surface area contributed by atoms with Gasteiger partial charge in [0, 0.05) is 18.3 Å². The van der Waals surface area contributed by atoms with Gasteiger partial charge in [-0.1, -0.05) is 24.3 Å². The largest absolute Gasteiger partial charge is 0.322 e. The van der Waals surface area contributed by atoms with Crippen LogP contribution in [-0.2, 0) is 10.0 Å². The van der Waals surface area contributed by atoms with E-state index in [0.717, 1.165) is 11.1 Å². The first-order valence-electron chi connectivity index (χ1n) is 8.81. The Kier molecular flexibility index (Phi) is 5.66. The number of nitrogens with zero attached hydrogens (tertiary/aromatic N) is 3. The third-order valence-electron chi connectivity index (χ3n) is 4.56. The molecule has 29 heavy (non-hydrogen) atoms. The van der Waals surface area contributed by atoms with Crippen molar-refractivity contribution in [1.29, 1.82) is 0 Å². The highest BCUT2D eigenvalue weighted by Crippen LogP contribution is 2.23. The lowest BCUT2D eigenvalue weighted by molar-refractivity contribution is 0.208. The number of primary sulfonamides is 1. The van der Waals surface area contributed by atoms with Crippen LogP contribution in [0.4, 0.5) is 10.5 Å². The maximum atomic E-state index is 12.7. The predicted molar refractivity (Wildman–Crippen MR) is 110 cm³/mol. The van der Waals surface area contributed by atoms with Crippen LogP contribution in [0.15, 0.2) is 53.4 Å². The molecule has 0 saturated carbocycles. The highest BCUT2D eigenvalue weighted by atomic mass is 32.2. The van der Waals surface area contributed by atoms with Gasteiger partial charge in [0.1, 0.15) is 5.82 Å². The molecule has 4 N–H and O–H groups in total. The maximum absolute atomic E-state index is 12.7. The van der Waals surface area contributed by atoms with E-state index in [1.54, 1.807) is 31.3 Å². The number of nitrogens with one attached hydrogen (secondary N) is 2. The van der Waals surface area contributed by atoms with Gasteiger partial charge in [-0.15, -0.1) is 0 Å². The average Bonchev–Trinajstić information content (AvgIpc) is 3.13. The molecule has 0 aliphatic carbocycles. The molecule has 0 radical (unpaired) electrons. The Balaban J connectivity index is 1.72. The number of sulfonamides is 1. The number of urea groups is 1. The number of aromatic nitrogens is 3. The highest BCUT2D eigenvalue weighted by molar-refractivity contribution is 7.89. The Morgan fingerprint density at radius 3 is 2.48 bits per heavy atom. The number of H-pyrrole nitrogens is 1. The lowest BCUT2D eigenvalue weighted by Gasteiger charge is -2.25. The van der Waals surface area contributed by atoms with E-state index < -0.39 is 10.0 Å². The summed E-state index contributed by atoms with van der Waals surface area (Å²) in [5, 5.41) is 14.9. The minimum Gasteiger partial charge on any atom is -0.321 e. The molecule has 2 aromatic carbocycles. The predicted octanol–water partition coefficient (Wildman–Crippen LogP) is 2.65. The molecule has 1 atom stereocenters. The Labute approximate surface area is 169 Å². The zero-order valence-electron chi connectivity index (χ0n) is 16.2. The number of aromatic amines is 1. The summed E-state index contributed by atoms with van der Waals surface area (Å²) in [7, 11) is -2.09. The van der Waals surface area contributed by atoms with Crippen LogP contribution in [0.1, 0.15) is 24.4 Å². The van der Waals surface area contributed by atoms with Crippen molar-refractivity contribution in [3.05, 3.63) is 59.9 Å². The van der Waals surface area contributed by atoms with Gasteiger partial charge < -0.3 is 10.2 Å². The third-order valence-corrected chi connectivity index (χ3v) is 5.49. The molecule has 0 spiro atoms. The summed E-state index contributed by atoms with van der Waals surface area (Å²) in [6.07, 6.45) is 0. The number of hydrogen-bond donors (Lipinski definition) is 3. The van der Waals surface area contributed by atoms with Crippen molar-refractivity contribution in [2.24, 2.45) is 5.14 Å². The molecule has 0 saturated heterocycles. The first-order chi connectivity index (χ1) is 13.6. The number of benzene rings is 2. The molecule has 10 heteroatoms. The van der Waals surface area contributed by atoms with Crippen LogP contribution in [0.2, 0.25) is 0 Å². The molecule has 3 aromatic rings. The molecular formula is C19H22N6O3S. The van der Waals surface area contributed by atoms with Gasteiger partial charge in [-0.2, -0.15) is 5.10 Å². The SMILES string of the molecule is Cc1nc(-c2cccc(NC(=O)N(C)C(C)c3ccc(S(N)(=O)=O)cc3)c2)n[nH]1. The fraction of sp³-hybridized carbons (Fsp3) is 0.211. The Bertz CT molecular complexity index is 1120. The van der Waals surface area contributed by atoms with E-state index in [1.807, 2.05) is 26.0 Å². The lowest BCUT2D eigenvalue weighted by Crippen LogP contribution is -2.33. The molecule has 3 rings (SSSR count). The van der Waals surface area contributed by atoms with Gasteiger partial charge in [0.25, 0.3) is 0 Å². The summed E-state index contributed by atoms with van der Waals surface area (Å²) >= 11 is 0. The van der Waals surface area contributed by atoms with Gasteiger partial charge in [-0.05, 0) is 43.7 Å². The number of aryl methyl sites for hydroxylation is 1.